The molecule has 2 nitrogen and oxygen atoms in total. The first-order chi connectivity index (χ1) is 9.78. The highest BCUT2D eigenvalue weighted by Gasteiger charge is 2.06. The van der Waals surface area contributed by atoms with Gasteiger partial charge in [-0.3, -0.25) is 0 Å². The van der Waals surface area contributed by atoms with Crippen molar-refractivity contribution in [3.8, 4) is 11.6 Å². The standard InChI is InChI=1S/C16H11Cl2NO/c17-9-12-8-16(19-10-14(12)18)20-15-7-3-5-11-4-1-2-6-13(11)15/h1-8,10H,9H2. The lowest BCUT2D eigenvalue weighted by molar-refractivity contribution is 0.467. The zero-order valence-electron chi connectivity index (χ0n) is 10.5. The lowest BCUT2D eigenvalue weighted by Crippen LogP contribution is -1.91. The summed E-state index contributed by atoms with van der Waals surface area (Å²) in [5, 5.41) is 2.71. The molecule has 0 aliphatic carbocycles. The monoisotopic (exact) mass is 303 g/mol. The van der Waals surface area contributed by atoms with E-state index >= 15 is 0 Å². The molecule has 0 fully saturated rings. The van der Waals surface area contributed by atoms with Gasteiger partial charge in [-0.05, 0) is 17.0 Å². The Morgan fingerprint density at radius 2 is 1.85 bits per heavy atom. The van der Waals surface area contributed by atoms with Gasteiger partial charge in [-0.25, -0.2) is 4.98 Å². The molecule has 1 heterocycles. The van der Waals surface area contributed by atoms with Crippen molar-refractivity contribution in [1.82, 2.24) is 4.98 Å². The maximum absolute atomic E-state index is 5.99. The summed E-state index contributed by atoms with van der Waals surface area (Å²) in [6.45, 7) is 0. The van der Waals surface area contributed by atoms with Crippen LogP contribution in [0.4, 0.5) is 0 Å². The first-order valence-electron chi connectivity index (χ1n) is 6.14. The van der Waals surface area contributed by atoms with E-state index in [2.05, 4.69) is 4.98 Å². The lowest BCUT2D eigenvalue weighted by atomic mass is 10.1. The molecule has 0 bridgehead atoms. The van der Waals surface area contributed by atoms with Gasteiger partial charge in [-0.2, -0.15) is 0 Å². The van der Waals surface area contributed by atoms with Crippen molar-refractivity contribution in [3.63, 3.8) is 0 Å². The Kier molecular flexibility index (Phi) is 3.77. The molecule has 0 saturated carbocycles. The molecule has 0 spiro atoms. The molecule has 0 aliphatic heterocycles. The van der Waals surface area contributed by atoms with Gasteiger partial charge >= 0.3 is 0 Å². The summed E-state index contributed by atoms with van der Waals surface area (Å²) in [4.78, 5) is 4.18. The zero-order valence-corrected chi connectivity index (χ0v) is 12.0. The summed E-state index contributed by atoms with van der Waals surface area (Å²) in [5.41, 5.74) is 0.804. The summed E-state index contributed by atoms with van der Waals surface area (Å²) in [5.74, 6) is 1.58. The van der Waals surface area contributed by atoms with Gasteiger partial charge in [0.15, 0.2) is 0 Å². The predicted octanol–water partition coefficient (Wildman–Crippen LogP) is 5.42. The number of fused-ring (bicyclic) bond motifs is 1. The normalized spacial score (nSPS) is 10.7. The maximum Gasteiger partial charge on any atom is 0.219 e. The number of alkyl halides is 1. The van der Waals surface area contributed by atoms with Gasteiger partial charge in [0, 0.05) is 23.5 Å². The Labute approximate surface area is 126 Å². The third-order valence-corrected chi connectivity index (χ3v) is 3.65. The van der Waals surface area contributed by atoms with Crippen LogP contribution in [0.25, 0.3) is 10.8 Å². The van der Waals surface area contributed by atoms with Crippen LogP contribution in [0.15, 0.2) is 54.7 Å². The second-order valence-electron chi connectivity index (χ2n) is 4.33. The van der Waals surface area contributed by atoms with Gasteiger partial charge in [0.25, 0.3) is 0 Å². The molecule has 2 aromatic carbocycles. The Hall–Kier alpha value is -1.77. The van der Waals surface area contributed by atoms with Gasteiger partial charge in [-0.15, -0.1) is 11.6 Å². The van der Waals surface area contributed by atoms with Crippen LogP contribution in [0.5, 0.6) is 11.6 Å². The quantitative estimate of drug-likeness (QED) is 0.603. The number of hydrogen-bond donors (Lipinski definition) is 0. The van der Waals surface area contributed by atoms with E-state index in [0.717, 1.165) is 22.1 Å². The number of benzene rings is 2. The van der Waals surface area contributed by atoms with Crippen LogP contribution in [0.2, 0.25) is 5.02 Å². The summed E-state index contributed by atoms with van der Waals surface area (Å²) < 4.78 is 5.86. The minimum absolute atomic E-state index is 0.327. The van der Waals surface area contributed by atoms with Crippen LogP contribution >= 0.6 is 23.2 Å². The van der Waals surface area contributed by atoms with Crippen molar-refractivity contribution in [2.45, 2.75) is 5.88 Å². The average Bonchev–Trinajstić information content (AvgIpc) is 2.49. The van der Waals surface area contributed by atoms with Crippen LogP contribution in [0, 0.1) is 0 Å². The number of hydrogen-bond acceptors (Lipinski definition) is 2. The number of aromatic nitrogens is 1. The molecule has 100 valence electrons. The summed E-state index contributed by atoms with van der Waals surface area (Å²) in [6, 6.07) is 15.7. The van der Waals surface area contributed by atoms with Crippen molar-refractivity contribution in [3.05, 3.63) is 65.3 Å². The first-order valence-corrected chi connectivity index (χ1v) is 7.05. The molecule has 0 N–H and O–H groups in total. The van der Waals surface area contributed by atoms with Crippen LogP contribution in [0.1, 0.15) is 5.56 Å². The molecule has 0 unspecified atom stereocenters. The molecule has 0 amide bonds. The van der Waals surface area contributed by atoms with Gasteiger partial charge in [-0.1, -0.05) is 48.0 Å². The van der Waals surface area contributed by atoms with E-state index in [9.17, 15) is 0 Å². The zero-order chi connectivity index (χ0) is 13.9. The second-order valence-corrected chi connectivity index (χ2v) is 5.00. The second kappa shape index (κ2) is 5.70. The third-order valence-electron chi connectivity index (χ3n) is 3.02. The number of halogens is 2. The SMILES string of the molecule is ClCc1cc(Oc2cccc3ccccc23)ncc1Cl. The van der Waals surface area contributed by atoms with E-state index < -0.39 is 0 Å². The van der Waals surface area contributed by atoms with Crippen LogP contribution < -0.4 is 4.74 Å². The van der Waals surface area contributed by atoms with Gasteiger partial charge in [0.05, 0.1) is 5.02 Å². The highest BCUT2D eigenvalue weighted by molar-refractivity contribution is 6.32. The van der Waals surface area contributed by atoms with Gasteiger partial charge in [0.2, 0.25) is 5.88 Å². The fourth-order valence-electron chi connectivity index (χ4n) is 2.01. The van der Waals surface area contributed by atoms with Crippen molar-refractivity contribution in [1.29, 1.82) is 0 Å². The molecule has 0 saturated heterocycles. The minimum atomic E-state index is 0.327. The van der Waals surface area contributed by atoms with E-state index in [1.807, 2.05) is 42.5 Å². The minimum Gasteiger partial charge on any atom is -0.438 e. The number of ether oxygens (including phenoxy) is 1. The Bertz CT molecular complexity index is 753. The molecule has 1 aromatic heterocycles. The fraction of sp³-hybridized carbons (Fsp3) is 0.0625. The van der Waals surface area contributed by atoms with E-state index in [1.54, 1.807) is 12.3 Å². The Morgan fingerprint density at radius 3 is 2.70 bits per heavy atom. The maximum atomic E-state index is 5.99. The molecule has 0 atom stereocenters. The largest absolute Gasteiger partial charge is 0.438 e. The Balaban J connectivity index is 2.01. The summed E-state index contributed by atoms with van der Waals surface area (Å²) >= 11 is 11.8. The molecular weight excluding hydrogens is 293 g/mol. The topological polar surface area (TPSA) is 22.1 Å². The summed E-state index contributed by atoms with van der Waals surface area (Å²) in [7, 11) is 0. The lowest BCUT2D eigenvalue weighted by Gasteiger charge is -2.09. The van der Waals surface area contributed by atoms with E-state index in [1.165, 1.54) is 0 Å². The summed E-state index contributed by atoms with van der Waals surface area (Å²) in [6.07, 6.45) is 1.56. The number of rotatable bonds is 3. The highest BCUT2D eigenvalue weighted by Crippen LogP contribution is 2.30. The fourth-order valence-corrected chi connectivity index (χ4v) is 2.47. The molecule has 4 heteroatoms. The van der Waals surface area contributed by atoms with Crippen molar-refractivity contribution in [2.24, 2.45) is 0 Å². The molecule has 0 aliphatic rings. The number of nitrogens with zero attached hydrogens (tertiary/aromatic N) is 1. The predicted molar refractivity (Wildman–Crippen MR) is 82.8 cm³/mol. The third kappa shape index (κ3) is 2.58. The van der Waals surface area contributed by atoms with Crippen molar-refractivity contribution in [2.75, 3.05) is 0 Å². The van der Waals surface area contributed by atoms with E-state index in [0.29, 0.717) is 16.8 Å². The molecule has 3 rings (SSSR count). The van der Waals surface area contributed by atoms with Crippen LogP contribution in [-0.4, -0.2) is 4.98 Å². The van der Waals surface area contributed by atoms with Crippen molar-refractivity contribution < 1.29 is 4.74 Å². The van der Waals surface area contributed by atoms with Crippen LogP contribution in [-0.2, 0) is 5.88 Å². The molecule has 0 radical (unpaired) electrons. The highest BCUT2D eigenvalue weighted by atomic mass is 35.5. The van der Waals surface area contributed by atoms with E-state index in [4.69, 9.17) is 27.9 Å². The smallest absolute Gasteiger partial charge is 0.219 e. The van der Waals surface area contributed by atoms with E-state index in [-0.39, 0.29) is 0 Å². The molecule has 20 heavy (non-hydrogen) atoms. The van der Waals surface area contributed by atoms with Crippen LogP contribution in [0.3, 0.4) is 0 Å². The van der Waals surface area contributed by atoms with Gasteiger partial charge < -0.3 is 4.74 Å². The first kappa shape index (κ1) is 13.2. The number of pyridine rings is 1. The van der Waals surface area contributed by atoms with Crippen molar-refractivity contribution >= 4 is 34.0 Å². The molecule has 3 aromatic rings. The van der Waals surface area contributed by atoms with Gasteiger partial charge in [0.1, 0.15) is 5.75 Å². The Morgan fingerprint density at radius 1 is 1.05 bits per heavy atom. The average molecular weight is 304 g/mol. The molecular formula is C16H11Cl2NO.